The topological polar surface area (TPSA) is 71.2 Å². The molecule has 2 N–H and O–H groups in total. The van der Waals surface area contributed by atoms with Gasteiger partial charge in [-0.15, -0.1) is 0 Å². The van der Waals surface area contributed by atoms with Crippen LogP contribution in [0.25, 0.3) is 10.9 Å². The van der Waals surface area contributed by atoms with Gasteiger partial charge in [-0.1, -0.05) is 18.2 Å². The molecule has 1 aliphatic rings. The summed E-state index contributed by atoms with van der Waals surface area (Å²) < 4.78 is 4.73. The summed E-state index contributed by atoms with van der Waals surface area (Å²) in [5.74, 6) is -1.69. The summed E-state index contributed by atoms with van der Waals surface area (Å²) in [7, 11) is 1.31. The van der Waals surface area contributed by atoms with Gasteiger partial charge in [0.15, 0.2) is 0 Å². The van der Waals surface area contributed by atoms with Gasteiger partial charge < -0.3 is 15.0 Å². The van der Waals surface area contributed by atoms with E-state index in [1.54, 1.807) is 0 Å². The molecular formula is C14H14N2O3. The summed E-state index contributed by atoms with van der Waals surface area (Å²) in [6, 6.07) is 7.84. The minimum Gasteiger partial charge on any atom is -0.468 e. The second-order valence-corrected chi connectivity index (χ2v) is 4.64. The van der Waals surface area contributed by atoms with Crippen LogP contribution in [-0.2, 0) is 14.3 Å². The first-order valence-electron chi connectivity index (χ1n) is 6.14. The SMILES string of the molecule is COC(=O)C1C(=O)NCC1c1c[nH]c2ccccc12. The van der Waals surface area contributed by atoms with E-state index < -0.39 is 11.9 Å². The average Bonchev–Trinajstić information content (AvgIpc) is 3.01. The molecule has 1 saturated heterocycles. The average molecular weight is 258 g/mol. The van der Waals surface area contributed by atoms with Crippen molar-refractivity contribution in [1.29, 1.82) is 0 Å². The Balaban J connectivity index is 2.05. The molecule has 0 spiro atoms. The molecule has 2 unspecified atom stereocenters. The normalized spacial score (nSPS) is 22.5. The summed E-state index contributed by atoms with van der Waals surface area (Å²) in [4.78, 5) is 26.7. The number of H-pyrrole nitrogens is 1. The number of hydrogen-bond acceptors (Lipinski definition) is 3. The molecule has 3 rings (SSSR count). The van der Waals surface area contributed by atoms with E-state index in [0.717, 1.165) is 16.5 Å². The van der Waals surface area contributed by atoms with Gasteiger partial charge in [-0.3, -0.25) is 9.59 Å². The van der Waals surface area contributed by atoms with Gasteiger partial charge in [-0.2, -0.15) is 0 Å². The van der Waals surface area contributed by atoms with Gasteiger partial charge in [0.05, 0.1) is 7.11 Å². The Morgan fingerprint density at radius 3 is 2.95 bits per heavy atom. The fourth-order valence-electron chi connectivity index (χ4n) is 2.71. The van der Waals surface area contributed by atoms with E-state index >= 15 is 0 Å². The molecule has 1 fully saturated rings. The molecule has 5 nitrogen and oxygen atoms in total. The van der Waals surface area contributed by atoms with E-state index in [1.807, 2.05) is 30.5 Å². The van der Waals surface area contributed by atoms with Crippen LogP contribution in [0.15, 0.2) is 30.5 Å². The van der Waals surface area contributed by atoms with Crippen LogP contribution in [0, 0.1) is 5.92 Å². The van der Waals surface area contributed by atoms with Crippen molar-refractivity contribution in [2.45, 2.75) is 5.92 Å². The second kappa shape index (κ2) is 4.42. The van der Waals surface area contributed by atoms with E-state index in [4.69, 9.17) is 4.74 Å². The summed E-state index contributed by atoms with van der Waals surface area (Å²) in [6.07, 6.45) is 1.87. The number of amides is 1. The first-order chi connectivity index (χ1) is 9.22. The van der Waals surface area contributed by atoms with Crippen molar-refractivity contribution in [3.05, 3.63) is 36.0 Å². The van der Waals surface area contributed by atoms with Crippen molar-refractivity contribution in [3.63, 3.8) is 0 Å². The molecule has 2 atom stereocenters. The van der Waals surface area contributed by atoms with Crippen LogP contribution in [0.1, 0.15) is 11.5 Å². The Morgan fingerprint density at radius 2 is 2.16 bits per heavy atom. The van der Waals surface area contributed by atoms with Crippen molar-refractivity contribution in [2.75, 3.05) is 13.7 Å². The highest BCUT2D eigenvalue weighted by Crippen LogP contribution is 2.34. The zero-order valence-corrected chi connectivity index (χ0v) is 10.5. The number of fused-ring (bicyclic) bond motifs is 1. The molecule has 1 aromatic carbocycles. The number of benzene rings is 1. The number of hydrogen-bond donors (Lipinski definition) is 2. The van der Waals surface area contributed by atoms with Crippen molar-refractivity contribution in [1.82, 2.24) is 10.3 Å². The minimum atomic E-state index is -0.760. The highest BCUT2D eigenvalue weighted by atomic mass is 16.5. The van der Waals surface area contributed by atoms with Crippen LogP contribution >= 0.6 is 0 Å². The van der Waals surface area contributed by atoms with Gasteiger partial charge in [0.1, 0.15) is 5.92 Å². The number of rotatable bonds is 2. The Morgan fingerprint density at radius 1 is 1.37 bits per heavy atom. The van der Waals surface area contributed by atoms with Crippen molar-refractivity contribution in [3.8, 4) is 0 Å². The van der Waals surface area contributed by atoms with Crippen LogP contribution in [0.5, 0.6) is 0 Å². The number of aromatic nitrogens is 1. The number of para-hydroxylation sites is 1. The van der Waals surface area contributed by atoms with Gasteiger partial charge in [0.2, 0.25) is 5.91 Å². The number of esters is 1. The number of carbonyl (C=O) groups is 2. The fraction of sp³-hybridized carbons (Fsp3) is 0.286. The number of ether oxygens (including phenoxy) is 1. The van der Waals surface area contributed by atoms with Crippen LogP contribution in [-0.4, -0.2) is 30.5 Å². The highest BCUT2D eigenvalue weighted by molar-refractivity contribution is 6.01. The lowest BCUT2D eigenvalue weighted by Crippen LogP contribution is -2.28. The molecule has 98 valence electrons. The predicted molar refractivity (Wildman–Crippen MR) is 69.6 cm³/mol. The third-order valence-electron chi connectivity index (χ3n) is 3.66. The molecule has 1 aromatic heterocycles. The molecule has 0 bridgehead atoms. The second-order valence-electron chi connectivity index (χ2n) is 4.64. The summed E-state index contributed by atoms with van der Waals surface area (Å²) in [5.41, 5.74) is 1.98. The van der Waals surface area contributed by atoms with E-state index in [9.17, 15) is 9.59 Å². The first-order valence-corrected chi connectivity index (χ1v) is 6.14. The summed E-state index contributed by atoms with van der Waals surface area (Å²) in [5, 5.41) is 3.77. The fourth-order valence-corrected chi connectivity index (χ4v) is 2.71. The molecule has 0 aliphatic carbocycles. The molecule has 2 aromatic rings. The zero-order valence-electron chi connectivity index (χ0n) is 10.5. The molecule has 0 saturated carbocycles. The number of aromatic amines is 1. The molecule has 19 heavy (non-hydrogen) atoms. The van der Waals surface area contributed by atoms with Gasteiger partial charge in [-0.05, 0) is 11.6 Å². The smallest absolute Gasteiger partial charge is 0.318 e. The number of nitrogens with one attached hydrogen (secondary N) is 2. The first kappa shape index (κ1) is 11.8. The van der Waals surface area contributed by atoms with Crippen LogP contribution in [0.4, 0.5) is 0 Å². The van der Waals surface area contributed by atoms with Crippen LogP contribution in [0.2, 0.25) is 0 Å². The van der Waals surface area contributed by atoms with Crippen LogP contribution in [0.3, 0.4) is 0 Å². The Kier molecular flexibility index (Phi) is 2.74. The predicted octanol–water partition coefficient (Wildman–Crippen LogP) is 1.17. The van der Waals surface area contributed by atoms with Crippen molar-refractivity contribution < 1.29 is 14.3 Å². The maximum absolute atomic E-state index is 11.8. The van der Waals surface area contributed by atoms with E-state index in [0.29, 0.717) is 6.54 Å². The van der Waals surface area contributed by atoms with Gasteiger partial charge in [-0.25, -0.2) is 0 Å². The molecule has 1 aliphatic heterocycles. The lowest BCUT2D eigenvalue weighted by molar-refractivity contribution is -0.149. The molecular weight excluding hydrogens is 244 g/mol. The lowest BCUT2D eigenvalue weighted by atomic mass is 9.88. The maximum Gasteiger partial charge on any atom is 0.318 e. The van der Waals surface area contributed by atoms with E-state index in [2.05, 4.69) is 10.3 Å². The van der Waals surface area contributed by atoms with Gasteiger partial charge in [0.25, 0.3) is 0 Å². The minimum absolute atomic E-state index is 0.184. The third kappa shape index (κ3) is 1.78. The van der Waals surface area contributed by atoms with Crippen LogP contribution < -0.4 is 5.32 Å². The zero-order chi connectivity index (χ0) is 13.4. The van der Waals surface area contributed by atoms with Crippen molar-refractivity contribution in [2.24, 2.45) is 5.92 Å². The Labute approximate surface area is 109 Å². The third-order valence-corrected chi connectivity index (χ3v) is 3.66. The van der Waals surface area contributed by atoms with E-state index in [-0.39, 0.29) is 11.8 Å². The van der Waals surface area contributed by atoms with Gasteiger partial charge in [0, 0.05) is 29.6 Å². The lowest BCUT2D eigenvalue weighted by Gasteiger charge is -2.13. The van der Waals surface area contributed by atoms with E-state index in [1.165, 1.54) is 7.11 Å². The Hall–Kier alpha value is -2.30. The molecule has 1 amide bonds. The number of carbonyl (C=O) groups excluding carboxylic acids is 2. The molecule has 5 heteroatoms. The Bertz CT molecular complexity index is 647. The number of methoxy groups -OCH3 is 1. The monoisotopic (exact) mass is 258 g/mol. The van der Waals surface area contributed by atoms with Gasteiger partial charge >= 0.3 is 5.97 Å². The summed E-state index contributed by atoms with van der Waals surface area (Å²) >= 11 is 0. The standard InChI is InChI=1S/C14H14N2O3/c1-19-14(18)12-10(7-16-13(12)17)9-6-15-11-5-3-2-4-8(9)11/h2-6,10,12,15H,7H2,1H3,(H,16,17). The summed E-state index contributed by atoms with van der Waals surface area (Å²) in [6.45, 7) is 0.459. The maximum atomic E-state index is 11.8. The van der Waals surface area contributed by atoms with Crippen molar-refractivity contribution >= 4 is 22.8 Å². The largest absolute Gasteiger partial charge is 0.468 e. The molecule has 0 radical (unpaired) electrons. The quantitative estimate of drug-likeness (QED) is 0.627. The highest BCUT2D eigenvalue weighted by Gasteiger charge is 2.42. The molecule has 2 heterocycles.